The summed E-state index contributed by atoms with van der Waals surface area (Å²) < 4.78 is 11.9. The highest BCUT2D eigenvalue weighted by Gasteiger charge is 2.24. The molecule has 0 aliphatic carbocycles. The Morgan fingerprint density at radius 3 is 2.35 bits per heavy atom. The van der Waals surface area contributed by atoms with Gasteiger partial charge in [-0.1, -0.05) is 45.9 Å². The molecule has 0 aliphatic heterocycles. The Morgan fingerprint density at radius 1 is 1.16 bits per heavy atom. The Kier molecular flexibility index (Phi) is 6.29. The highest BCUT2D eigenvalue weighted by Crippen LogP contribution is 2.32. The molecule has 2 heterocycles. The summed E-state index contributed by atoms with van der Waals surface area (Å²) in [5.41, 5.74) is 2.39. The van der Waals surface area contributed by atoms with Gasteiger partial charge in [-0.15, -0.1) is 0 Å². The predicted molar refractivity (Wildman–Crippen MR) is 118 cm³/mol. The maximum Gasteiger partial charge on any atom is 0.343 e. The normalized spacial score (nSPS) is 11.4. The third kappa shape index (κ3) is 4.38. The third-order valence-electron chi connectivity index (χ3n) is 5.12. The molecule has 0 bridgehead atoms. The van der Waals surface area contributed by atoms with Gasteiger partial charge >= 0.3 is 5.97 Å². The zero-order valence-corrected chi connectivity index (χ0v) is 18.6. The first kappa shape index (κ1) is 22.3. The second-order valence-electron chi connectivity index (χ2n) is 8.12. The van der Waals surface area contributed by atoms with Gasteiger partial charge in [0.1, 0.15) is 23.0 Å². The number of carbonyl (C=O) groups is 2. The van der Waals surface area contributed by atoms with Crippen molar-refractivity contribution in [3.63, 3.8) is 0 Å². The van der Waals surface area contributed by atoms with Crippen LogP contribution in [0.1, 0.15) is 66.8 Å². The number of nitrogens with zero attached hydrogens (tertiary/aromatic N) is 2. The van der Waals surface area contributed by atoms with Gasteiger partial charge in [0, 0.05) is 12.7 Å². The molecule has 31 heavy (non-hydrogen) atoms. The number of rotatable bonds is 6. The molecule has 1 N–H and O–H groups in total. The zero-order chi connectivity index (χ0) is 22.9. The van der Waals surface area contributed by atoms with Gasteiger partial charge < -0.3 is 19.0 Å². The van der Waals surface area contributed by atoms with E-state index in [-0.39, 0.29) is 34.3 Å². The number of fused-ring (bicyclic) bond motifs is 1. The van der Waals surface area contributed by atoms with E-state index in [1.165, 1.54) is 17.9 Å². The van der Waals surface area contributed by atoms with Gasteiger partial charge in [0.25, 0.3) is 11.5 Å². The van der Waals surface area contributed by atoms with Crippen LogP contribution >= 0.6 is 0 Å². The van der Waals surface area contributed by atoms with E-state index in [1.807, 2.05) is 18.2 Å². The minimum Gasteiger partial charge on any atom is -0.452 e. The molecule has 164 valence electrons. The van der Waals surface area contributed by atoms with Crippen LogP contribution in [0.3, 0.4) is 0 Å². The van der Waals surface area contributed by atoms with Crippen LogP contribution in [0.4, 0.5) is 5.69 Å². The summed E-state index contributed by atoms with van der Waals surface area (Å²) in [4.78, 5) is 41.7. The first-order valence-electron chi connectivity index (χ1n) is 10.2. The van der Waals surface area contributed by atoms with E-state index in [1.54, 1.807) is 6.92 Å². The van der Waals surface area contributed by atoms with E-state index >= 15 is 0 Å². The van der Waals surface area contributed by atoms with Crippen molar-refractivity contribution in [3.8, 4) is 0 Å². The number of ether oxygens (including phenoxy) is 1. The second kappa shape index (κ2) is 8.75. The quantitative estimate of drug-likeness (QED) is 0.601. The van der Waals surface area contributed by atoms with Crippen molar-refractivity contribution in [1.82, 2.24) is 9.55 Å². The molecule has 0 fully saturated rings. The highest BCUT2D eigenvalue weighted by molar-refractivity contribution is 6.04. The van der Waals surface area contributed by atoms with E-state index in [4.69, 9.17) is 9.15 Å². The lowest BCUT2D eigenvalue weighted by atomic mass is 9.92. The van der Waals surface area contributed by atoms with Crippen LogP contribution in [-0.4, -0.2) is 28.0 Å². The van der Waals surface area contributed by atoms with E-state index in [0.717, 1.165) is 16.8 Å². The summed E-state index contributed by atoms with van der Waals surface area (Å²) in [7, 11) is 1.53. The SMILES string of the molecule is Cc1oc2ncn(C)c(=O)c2c1C(=O)OCC(=O)Nc1c(C(C)C)cccc1C(C)C. The van der Waals surface area contributed by atoms with Gasteiger partial charge in [-0.05, 0) is 29.9 Å². The Balaban J connectivity index is 1.81. The van der Waals surface area contributed by atoms with Crippen LogP contribution in [0.15, 0.2) is 33.7 Å². The van der Waals surface area contributed by atoms with Gasteiger partial charge in [-0.3, -0.25) is 9.59 Å². The second-order valence-corrected chi connectivity index (χ2v) is 8.12. The number of para-hydroxylation sites is 1. The van der Waals surface area contributed by atoms with Gasteiger partial charge in [0.2, 0.25) is 5.71 Å². The molecule has 0 saturated carbocycles. The van der Waals surface area contributed by atoms with Crippen molar-refractivity contribution in [2.24, 2.45) is 7.05 Å². The van der Waals surface area contributed by atoms with Crippen molar-refractivity contribution < 1.29 is 18.7 Å². The molecule has 0 atom stereocenters. The number of aryl methyl sites for hydroxylation is 2. The van der Waals surface area contributed by atoms with E-state index in [2.05, 4.69) is 38.0 Å². The molecule has 1 amide bonds. The zero-order valence-electron chi connectivity index (χ0n) is 18.6. The number of amides is 1. The number of carbonyl (C=O) groups excluding carboxylic acids is 2. The Labute approximate surface area is 180 Å². The average Bonchev–Trinajstić information content (AvgIpc) is 3.05. The number of anilines is 1. The summed E-state index contributed by atoms with van der Waals surface area (Å²) in [5, 5.41) is 2.94. The number of benzene rings is 1. The first-order valence-corrected chi connectivity index (χ1v) is 10.2. The molecule has 8 nitrogen and oxygen atoms in total. The maximum atomic E-state index is 12.7. The number of nitrogens with one attached hydrogen (secondary N) is 1. The summed E-state index contributed by atoms with van der Waals surface area (Å²) in [6.45, 7) is 9.26. The van der Waals surface area contributed by atoms with E-state index in [9.17, 15) is 14.4 Å². The molecule has 0 unspecified atom stereocenters. The summed E-state index contributed by atoms with van der Waals surface area (Å²) in [6.07, 6.45) is 1.31. The fraction of sp³-hybridized carbons (Fsp3) is 0.391. The van der Waals surface area contributed by atoms with Crippen molar-refractivity contribution in [2.75, 3.05) is 11.9 Å². The highest BCUT2D eigenvalue weighted by atomic mass is 16.5. The molecule has 3 aromatic rings. The number of esters is 1. The molecule has 0 spiro atoms. The number of hydrogen-bond donors (Lipinski definition) is 1. The third-order valence-corrected chi connectivity index (χ3v) is 5.12. The van der Waals surface area contributed by atoms with E-state index in [0.29, 0.717) is 0 Å². The van der Waals surface area contributed by atoms with Gasteiger partial charge in [-0.25, -0.2) is 9.78 Å². The Bertz CT molecular complexity index is 1180. The minimum atomic E-state index is -0.808. The Hall–Kier alpha value is -3.42. The molecule has 0 radical (unpaired) electrons. The van der Waals surface area contributed by atoms with E-state index < -0.39 is 24.0 Å². The van der Waals surface area contributed by atoms with Gasteiger partial charge in [0.05, 0.1) is 0 Å². The largest absolute Gasteiger partial charge is 0.452 e. The lowest BCUT2D eigenvalue weighted by Gasteiger charge is -2.20. The number of hydrogen-bond acceptors (Lipinski definition) is 6. The fourth-order valence-electron chi connectivity index (χ4n) is 3.51. The van der Waals surface area contributed by atoms with Crippen molar-refractivity contribution >= 4 is 28.7 Å². The molecule has 2 aromatic heterocycles. The Morgan fingerprint density at radius 2 is 1.77 bits per heavy atom. The maximum absolute atomic E-state index is 12.7. The van der Waals surface area contributed by atoms with Crippen molar-refractivity contribution in [1.29, 1.82) is 0 Å². The fourth-order valence-corrected chi connectivity index (χ4v) is 3.51. The first-order chi connectivity index (χ1) is 14.6. The molecule has 0 aliphatic rings. The van der Waals surface area contributed by atoms with Crippen LogP contribution in [0, 0.1) is 6.92 Å². The molecular formula is C23H27N3O5. The van der Waals surface area contributed by atoms with Gasteiger partial charge in [0.15, 0.2) is 6.61 Å². The van der Waals surface area contributed by atoms with Crippen molar-refractivity contribution in [2.45, 2.75) is 46.5 Å². The standard InChI is InChI=1S/C23H27N3O5/c1-12(2)15-8-7-9-16(13(3)4)20(15)25-17(27)10-30-23(29)18-14(5)31-21-19(18)22(28)26(6)11-24-21/h7-9,11-13H,10H2,1-6H3,(H,25,27). The summed E-state index contributed by atoms with van der Waals surface area (Å²) in [6, 6.07) is 5.92. The monoisotopic (exact) mass is 425 g/mol. The summed E-state index contributed by atoms with van der Waals surface area (Å²) in [5.74, 6) is -0.638. The summed E-state index contributed by atoms with van der Waals surface area (Å²) >= 11 is 0. The van der Waals surface area contributed by atoms with Crippen LogP contribution < -0.4 is 10.9 Å². The number of aromatic nitrogens is 2. The molecule has 0 saturated heterocycles. The van der Waals surface area contributed by atoms with Crippen LogP contribution in [-0.2, 0) is 16.6 Å². The van der Waals surface area contributed by atoms with Gasteiger partial charge in [-0.2, -0.15) is 0 Å². The van der Waals surface area contributed by atoms with Crippen molar-refractivity contribution in [3.05, 3.63) is 57.3 Å². The molecule has 8 heteroatoms. The van der Waals surface area contributed by atoms with Crippen LogP contribution in [0.5, 0.6) is 0 Å². The lowest BCUT2D eigenvalue weighted by molar-refractivity contribution is -0.119. The number of furan rings is 1. The van der Waals surface area contributed by atoms with Crippen LogP contribution in [0.25, 0.3) is 11.1 Å². The molecule has 3 rings (SSSR count). The smallest absolute Gasteiger partial charge is 0.343 e. The predicted octanol–water partition coefficient (Wildman–Crippen LogP) is 3.88. The topological polar surface area (TPSA) is 103 Å². The minimum absolute atomic E-state index is 0.0121. The molecular weight excluding hydrogens is 398 g/mol. The molecule has 1 aromatic carbocycles. The lowest BCUT2D eigenvalue weighted by Crippen LogP contribution is -2.24. The van der Waals surface area contributed by atoms with Crippen LogP contribution in [0.2, 0.25) is 0 Å². The average molecular weight is 425 g/mol.